The van der Waals surface area contributed by atoms with Gasteiger partial charge >= 0.3 is 0 Å². The van der Waals surface area contributed by atoms with Gasteiger partial charge in [0.15, 0.2) is 6.29 Å². The second-order valence-electron chi connectivity index (χ2n) is 2.73. The molecule has 0 spiro atoms. The maximum atomic E-state index is 10.9. The highest BCUT2D eigenvalue weighted by molar-refractivity contribution is 5.96. The average Bonchev–Trinajstić information content (AvgIpc) is 2.26. The largest absolute Gasteiger partial charge is 0.496 e. The topological polar surface area (TPSA) is 93.2 Å². The number of primary amides is 1. The molecular weight excluding hydrogens is 196 g/mol. The van der Waals surface area contributed by atoms with E-state index in [1.54, 1.807) is 6.07 Å². The van der Waals surface area contributed by atoms with Gasteiger partial charge in [-0.25, -0.2) is 0 Å². The third-order valence-corrected chi connectivity index (χ3v) is 1.88. The first kappa shape index (κ1) is 10.7. The van der Waals surface area contributed by atoms with Gasteiger partial charge in [0.2, 0.25) is 5.91 Å². The predicted molar refractivity (Wildman–Crippen MR) is 51.6 cm³/mol. The molecule has 0 heterocycles. The molecular formula is C10H8N2O3. The van der Waals surface area contributed by atoms with Crippen LogP contribution in [0.3, 0.4) is 0 Å². The zero-order valence-electron chi connectivity index (χ0n) is 7.98. The van der Waals surface area contributed by atoms with E-state index < -0.39 is 5.91 Å². The van der Waals surface area contributed by atoms with Crippen LogP contribution in [0.2, 0.25) is 0 Å². The molecule has 0 saturated heterocycles. The first-order valence-electron chi connectivity index (χ1n) is 4.01. The van der Waals surface area contributed by atoms with E-state index in [1.165, 1.54) is 19.2 Å². The Morgan fingerprint density at radius 1 is 1.60 bits per heavy atom. The molecule has 1 aromatic rings. The van der Waals surface area contributed by atoms with Crippen molar-refractivity contribution < 1.29 is 14.3 Å². The van der Waals surface area contributed by atoms with Gasteiger partial charge in [-0.15, -0.1) is 0 Å². The maximum Gasteiger partial charge on any atom is 0.248 e. The zero-order chi connectivity index (χ0) is 11.4. The number of nitrogens with zero attached hydrogens (tertiary/aromatic N) is 1. The first-order valence-corrected chi connectivity index (χ1v) is 4.01. The third-order valence-electron chi connectivity index (χ3n) is 1.88. The molecule has 0 aliphatic rings. The number of benzene rings is 1. The molecule has 1 aromatic carbocycles. The summed E-state index contributed by atoms with van der Waals surface area (Å²) in [7, 11) is 1.34. The molecule has 1 amide bonds. The van der Waals surface area contributed by atoms with Crippen molar-refractivity contribution in [3.8, 4) is 11.8 Å². The summed E-state index contributed by atoms with van der Waals surface area (Å²) in [5, 5.41) is 8.76. The standard InChI is InChI=1S/C10H8N2O3/c1-15-9-3-6(10(12)14)2-7(4-11)8(9)5-13/h2-3,5H,1H3,(H2,12,14). The van der Waals surface area contributed by atoms with E-state index in [0.717, 1.165) is 0 Å². The summed E-state index contributed by atoms with van der Waals surface area (Å²) in [6.45, 7) is 0. The molecule has 0 atom stereocenters. The van der Waals surface area contributed by atoms with Gasteiger partial charge in [-0.05, 0) is 12.1 Å². The van der Waals surface area contributed by atoms with E-state index in [1.807, 2.05) is 0 Å². The number of nitriles is 1. The number of nitrogens with two attached hydrogens (primary N) is 1. The lowest BCUT2D eigenvalue weighted by Crippen LogP contribution is -2.12. The molecule has 0 fully saturated rings. The Hall–Kier alpha value is -2.35. The highest BCUT2D eigenvalue weighted by Crippen LogP contribution is 2.22. The molecule has 1 rings (SSSR count). The van der Waals surface area contributed by atoms with Crippen LogP contribution in [0.4, 0.5) is 0 Å². The van der Waals surface area contributed by atoms with Crippen molar-refractivity contribution >= 4 is 12.2 Å². The minimum atomic E-state index is -0.678. The Balaban J connectivity index is 3.51. The van der Waals surface area contributed by atoms with E-state index in [4.69, 9.17) is 15.7 Å². The number of methoxy groups -OCH3 is 1. The first-order chi connectivity index (χ1) is 7.13. The van der Waals surface area contributed by atoms with E-state index >= 15 is 0 Å². The van der Waals surface area contributed by atoms with Crippen LogP contribution in [0.15, 0.2) is 12.1 Å². The van der Waals surface area contributed by atoms with Gasteiger partial charge in [0.25, 0.3) is 0 Å². The number of aldehydes is 1. The number of rotatable bonds is 3. The fraction of sp³-hybridized carbons (Fsp3) is 0.100. The molecule has 0 radical (unpaired) electrons. The maximum absolute atomic E-state index is 10.9. The summed E-state index contributed by atoms with van der Waals surface area (Å²) in [6, 6.07) is 4.38. The monoisotopic (exact) mass is 204 g/mol. The summed E-state index contributed by atoms with van der Waals surface area (Å²) in [6.07, 6.45) is 0.502. The summed E-state index contributed by atoms with van der Waals surface area (Å²) in [4.78, 5) is 21.6. The summed E-state index contributed by atoms with van der Waals surface area (Å²) < 4.78 is 4.88. The minimum absolute atomic E-state index is 0.0677. The Morgan fingerprint density at radius 2 is 2.27 bits per heavy atom. The van der Waals surface area contributed by atoms with Crippen molar-refractivity contribution in [2.24, 2.45) is 5.73 Å². The second-order valence-corrected chi connectivity index (χ2v) is 2.73. The van der Waals surface area contributed by atoms with Crippen molar-refractivity contribution in [3.63, 3.8) is 0 Å². The number of carbonyl (C=O) groups excluding carboxylic acids is 2. The molecule has 15 heavy (non-hydrogen) atoms. The lowest BCUT2D eigenvalue weighted by Gasteiger charge is -2.06. The molecule has 2 N–H and O–H groups in total. The Bertz CT molecular complexity index is 460. The molecule has 0 unspecified atom stereocenters. The van der Waals surface area contributed by atoms with Crippen molar-refractivity contribution in [2.75, 3.05) is 7.11 Å². The SMILES string of the molecule is COc1cc(C(N)=O)cc(C#N)c1C=O. The van der Waals surface area contributed by atoms with Crippen molar-refractivity contribution in [2.45, 2.75) is 0 Å². The van der Waals surface area contributed by atoms with Crippen molar-refractivity contribution in [3.05, 3.63) is 28.8 Å². The lowest BCUT2D eigenvalue weighted by atomic mass is 10.0. The Morgan fingerprint density at radius 3 is 2.67 bits per heavy atom. The van der Waals surface area contributed by atoms with Gasteiger partial charge in [-0.3, -0.25) is 9.59 Å². The number of hydrogen-bond acceptors (Lipinski definition) is 4. The van der Waals surface area contributed by atoms with Gasteiger partial charge in [-0.1, -0.05) is 0 Å². The molecule has 5 nitrogen and oxygen atoms in total. The van der Waals surface area contributed by atoms with Crippen LogP contribution in [-0.4, -0.2) is 19.3 Å². The average molecular weight is 204 g/mol. The zero-order valence-corrected chi connectivity index (χ0v) is 7.98. The number of hydrogen-bond donors (Lipinski definition) is 1. The Kier molecular flexibility index (Phi) is 3.03. The summed E-state index contributed by atoms with van der Waals surface area (Å²) >= 11 is 0. The van der Waals surface area contributed by atoms with Crippen LogP contribution in [0.25, 0.3) is 0 Å². The molecule has 0 saturated carbocycles. The van der Waals surface area contributed by atoms with E-state index in [9.17, 15) is 9.59 Å². The van der Waals surface area contributed by atoms with Crippen molar-refractivity contribution in [1.82, 2.24) is 0 Å². The Labute approximate surface area is 86.1 Å². The van der Waals surface area contributed by atoms with E-state index in [0.29, 0.717) is 6.29 Å². The molecule has 0 aromatic heterocycles. The predicted octanol–water partition coefficient (Wildman–Crippen LogP) is 0.478. The summed E-state index contributed by atoms with van der Waals surface area (Å²) in [5.74, 6) is -0.514. The lowest BCUT2D eigenvalue weighted by molar-refractivity contribution is 0.0998. The van der Waals surface area contributed by atoms with Gasteiger partial charge < -0.3 is 10.5 Å². The van der Waals surface area contributed by atoms with Crippen LogP contribution in [0.5, 0.6) is 5.75 Å². The molecule has 0 aliphatic heterocycles. The molecule has 76 valence electrons. The van der Waals surface area contributed by atoms with Crippen LogP contribution in [0.1, 0.15) is 26.3 Å². The number of ether oxygens (including phenoxy) is 1. The fourth-order valence-electron chi connectivity index (χ4n) is 1.15. The molecule has 0 bridgehead atoms. The van der Waals surface area contributed by atoms with Crippen LogP contribution in [0, 0.1) is 11.3 Å². The molecule has 0 aliphatic carbocycles. The van der Waals surface area contributed by atoms with Crippen LogP contribution >= 0.6 is 0 Å². The van der Waals surface area contributed by atoms with E-state index in [2.05, 4.69) is 0 Å². The third kappa shape index (κ3) is 1.94. The smallest absolute Gasteiger partial charge is 0.248 e. The van der Waals surface area contributed by atoms with Gasteiger partial charge in [-0.2, -0.15) is 5.26 Å². The van der Waals surface area contributed by atoms with Crippen LogP contribution < -0.4 is 10.5 Å². The number of amides is 1. The quantitative estimate of drug-likeness (QED) is 0.724. The van der Waals surface area contributed by atoms with Gasteiger partial charge in [0, 0.05) is 5.56 Å². The number of carbonyl (C=O) groups is 2. The van der Waals surface area contributed by atoms with Crippen molar-refractivity contribution in [1.29, 1.82) is 5.26 Å². The fourth-order valence-corrected chi connectivity index (χ4v) is 1.15. The highest BCUT2D eigenvalue weighted by atomic mass is 16.5. The van der Waals surface area contributed by atoms with Crippen LogP contribution in [-0.2, 0) is 0 Å². The summed E-state index contributed by atoms with van der Waals surface area (Å²) in [5.41, 5.74) is 5.38. The second kappa shape index (κ2) is 4.24. The van der Waals surface area contributed by atoms with E-state index in [-0.39, 0.29) is 22.4 Å². The molecule has 5 heteroatoms. The highest BCUT2D eigenvalue weighted by Gasteiger charge is 2.13. The minimum Gasteiger partial charge on any atom is -0.496 e. The van der Waals surface area contributed by atoms with Gasteiger partial charge in [0.05, 0.1) is 18.2 Å². The van der Waals surface area contributed by atoms with Gasteiger partial charge in [0.1, 0.15) is 11.8 Å². The normalized spacial score (nSPS) is 9.07.